The Balaban J connectivity index is 0.999. The molecule has 1 aromatic rings. The van der Waals surface area contributed by atoms with Crippen molar-refractivity contribution in [2.24, 2.45) is 10.9 Å². The van der Waals surface area contributed by atoms with E-state index in [0.717, 1.165) is 31.8 Å². The summed E-state index contributed by atoms with van der Waals surface area (Å²) in [6.07, 6.45) is 10.5. The van der Waals surface area contributed by atoms with Crippen molar-refractivity contribution in [1.82, 2.24) is 14.7 Å². The lowest BCUT2D eigenvalue weighted by atomic mass is 9.81. The van der Waals surface area contributed by atoms with Crippen molar-refractivity contribution >= 4 is 35.4 Å². The van der Waals surface area contributed by atoms with Crippen LogP contribution in [-0.4, -0.2) is 109 Å². The Morgan fingerprint density at radius 1 is 1.22 bits per heavy atom. The number of anilines is 1. The molecule has 0 saturated carbocycles. The quantitative estimate of drug-likeness (QED) is 0.303. The number of carbonyl (C=O) groups excluding carboxylic acids is 2. The van der Waals surface area contributed by atoms with Gasteiger partial charge in [0.1, 0.15) is 30.0 Å². The molecular formula is C37H45ClFN5O7. The number of allylic oxidation sites excluding steroid dienone is 2. The van der Waals surface area contributed by atoms with Gasteiger partial charge >= 0.3 is 6.03 Å². The summed E-state index contributed by atoms with van der Waals surface area (Å²) in [5.74, 6) is 1.50. The monoisotopic (exact) mass is 725 g/mol. The second-order valence-corrected chi connectivity index (χ2v) is 14.1. The molecule has 2 N–H and O–H groups in total. The lowest BCUT2D eigenvalue weighted by Crippen LogP contribution is -2.56. The molecule has 51 heavy (non-hydrogen) atoms. The number of dihydropyridines is 1. The SMILES string of the molecule is CN1C=C(C(=O)Nc2ccc(OC3=CC=NC4CC(OCCCN5CCCCC5)=C5OCCOC5C34)cc2Cl)C(O)N(C2CC=C(F)CC2)C1=O. The Kier molecular flexibility index (Phi) is 11.0. The third-order valence-electron chi connectivity index (χ3n) is 10.3. The number of aliphatic hydroxyl groups excluding tert-OH is 1. The maximum atomic E-state index is 13.6. The molecule has 2 saturated heterocycles. The molecule has 2 fully saturated rings. The van der Waals surface area contributed by atoms with E-state index in [9.17, 15) is 19.1 Å². The number of amides is 3. The number of benzene rings is 1. The van der Waals surface area contributed by atoms with Crippen molar-refractivity contribution in [1.29, 1.82) is 0 Å². The van der Waals surface area contributed by atoms with Gasteiger partial charge < -0.3 is 39.2 Å². The number of ether oxygens (including phenoxy) is 4. The van der Waals surface area contributed by atoms with E-state index in [0.29, 0.717) is 55.6 Å². The Labute approximate surface area is 302 Å². The number of nitrogens with one attached hydrogen (secondary N) is 1. The maximum Gasteiger partial charge on any atom is 0.326 e. The fraction of sp³-hybridized carbons (Fsp3) is 0.541. The summed E-state index contributed by atoms with van der Waals surface area (Å²) in [5, 5.41) is 14.1. The number of rotatable bonds is 10. The minimum absolute atomic E-state index is 0.0394. The van der Waals surface area contributed by atoms with Crippen LogP contribution in [0.25, 0.3) is 0 Å². The van der Waals surface area contributed by atoms with Gasteiger partial charge in [0.25, 0.3) is 5.91 Å². The number of likely N-dealkylation sites (tertiary alicyclic amines) is 1. The first-order chi connectivity index (χ1) is 24.8. The van der Waals surface area contributed by atoms with Crippen LogP contribution in [0.15, 0.2) is 70.2 Å². The predicted molar refractivity (Wildman–Crippen MR) is 189 cm³/mol. The van der Waals surface area contributed by atoms with Crippen molar-refractivity contribution in [2.75, 3.05) is 51.8 Å². The molecule has 2 aliphatic carbocycles. The van der Waals surface area contributed by atoms with Crippen LogP contribution in [0, 0.1) is 5.92 Å². The van der Waals surface area contributed by atoms with E-state index in [2.05, 4.69) is 10.2 Å². The minimum atomic E-state index is -1.51. The first-order valence-electron chi connectivity index (χ1n) is 17.9. The van der Waals surface area contributed by atoms with E-state index in [1.807, 2.05) is 6.08 Å². The van der Waals surface area contributed by atoms with Crippen molar-refractivity contribution in [2.45, 2.75) is 75.8 Å². The van der Waals surface area contributed by atoms with Crippen molar-refractivity contribution in [3.05, 3.63) is 70.3 Å². The van der Waals surface area contributed by atoms with Crippen molar-refractivity contribution < 1.29 is 38.0 Å². The summed E-state index contributed by atoms with van der Waals surface area (Å²) < 4.78 is 38.8. The molecule has 0 radical (unpaired) electrons. The number of nitrogens with zero attached hydrogens (tertiary/aromatic N) is 4. The Morgan fingerprint density at radius 3 is 2.84 bits per heavy atom. The summed E-state index contributed by atoms with van der Waals surface area (Å²) in [6, 6.07) is 3.83. The standard InChI is InChI=1S/C37H45ClFN5O7/c1-42-22-26(36(46)44(37(42)47)24-8-6-23(39)7-9-24)35(45)41-28-11-10-25(20-27(28)38)51-30-12-13-40-29-21-31(33-34(32(29)30)50-19-18-49-33)48-17-5-16-43-14-3-2-4-15-43/h6,10-13,20,22,24,29,32,34,36,46H,2-5,7-9,14-19,21H2,1H3,(H,41,45). The molecule has 6 aliphatic rings. The molecule has 274 valence electrons. The lowest BCUT2D eigenvalue weighted by molar-refractivity contribution is -0.115. The van der Waals surface area contributed by atoms with Crippen LogP contribution in [0.2, 0.25) is 5.02 Å². The van der Waals surface area contributed by atoms with E-state index >= 15 is 0 Å². The Bertz CT molecular complexity index is 1660. The van der Waals surface area contributed by atoms with Gasteiger partial charge in [-0.05, 0) is 63.4 Å². The molecule has 0 spiro atoms. The number of aliphatic imine (C=N–C) groups is 1. The summed E-state index contributed by atoms with van der Waals surface area (Å²) in [6.45, 7) is 4.85. The van der Waals surface area contributed by atoms with E-state index in [1.54, 1.807) is 24.4 Å². The summed E-state index contributed by atoms with van der Waals surface area (Å²) in [5.41, 5.74) is 0.254. The number of aliphatic hydroxyl groups is 1. The second kappa shape index (κ2) is 15.8. The third kappa shape index (κ3) is 7.81. The average Bonchev–Trinajstić information content (AvgIpc) is 3.14. The van der Waals surface area contributed by atoms with Crippen molar-refractivity contribution in [3.8, 4) is 5.75 Å². The van der Waals surface area contributed by atoms with Gasteiger partial charge in [-0.3, -0.25) is 14.7 Å². The number of hydrogen-bond acceptors (Lipinski definition) is 9. The molecule has 14 heteroatoms. The lowest BCUT2D eigenvalue weighted by Gasteiger charge is -2.42. The summed E-state index contributed by atoms with van der Waals surface area (Å²) in [7, 11) is 1.50. The molecule has 0 bridgehead atoms. The van der Waals surface area contributed by atoms with E-state index < -0.39 is 30.3 Å². The van der Waals surface area contributed by atoms with Crippen LogP contribution in [0.3, 0.4) is 0 Å². The molecule has 5 unspecified atom stereocenters. The van der Waals surface area contributed by atoms with Gasteiger partial charge in [0.15, 0.2) is 12.0 Å². The fourth-order valence-electron chi connectivity index (χ4n) is 7.66. The number of halogens is 2. The number of piperidine rings is 1. The Hall–Kier alpha value is -3.91. The molecule has 12 nitrogen and oxygen atoms in total. The molecule has 1 aromatic carbocycles. The third-order valence-corrected chi connectivity index (χ3v) is 10.6. The topological polar surface area (TPSA) is 125 Å². The van der Waals surface area contributed by atoms with Crippen LogP contribution in [0.1, 0.15) is 51.4 Å². The second-order valence-electron chi connectivity index (χ2n) is 13.7. The number of carbonyl (C=O) groups is 2. The number of urea groups is 1. The van der Waals surface area contributed by atoms with Gasteiger partial charge in [-0.25, -0.2) is 9.18 Å². The van der Waals surface area contributed by atoms with E-state index in [4.69, 9.17) is 35.5 Å². The predicted octanol–water partition coefficient (Wildman–Crippen LogP) is 5.51. The highest BCUT2D eigenvalue weighted by Gasteiger charge is 2.47. The van der Waals surface area contributed by atoms with E-state index in [1.165, 1.54) is 48.4 Å². The average molecular weight is 726 g/mol. The number of hydrogen-bond donors (Lipinski definition) is 2. The van der Waals surface area contributed by atoms with Crippen LogP contribution >= 0.6 is 11.6 Å². The summed E-state index contributed by atoms with van der Waals surface area (Å²) >= 11 is 6.65. The zero-order valence-electron chi connectivity index (χ0n) is 28.8. The molecule has 3 amide bonds. The highest BCUT2D eigenvalue weighted by molar-refractivity contribution is 6.34. The fourth-order valence-corrected chi connectivity index (χ4v) is 7.88. The largest absolute Gasteiger partial charge is 0.494 e. The summed E-state index contributed by atoms with van der Waals surface area (Å²) in [4.78, 5) is 36.1. The zero-order chi connectivity index (χ0) is 35.5. The highest BCUT2D eigenvalue weighted by atomic mass is 35.5. The molecular weight excluding hydrogens is 681 g/mol. The normalized spacial score (nSPS) is 28.2. The van der Waals surface area contributed by atoms with Crippen LogP contribution in [0.5, 0.6) is 5.75 Å². The van der Waals surface area contributed by atoms with Crippen molar-refractivity contribution in [3.63, 3.8) is 0 Å². The maximum absolute atomic E-state index is 13.6. The molecule has 5 atom stereocenters. The van der Waals surface area contributed by atoms with Gasteiger partial charge in [0.05, 0.1) is 47.3 Å². The first kappa shape index (κ1) is 35.5. The number of fused-ring (bicyclic) bond motifs is 3. The first-order valence-corrected chi connectivity index (χ1v) is 18.3. The molecule has 4 aliphatic heterocycles. The smallest absolute Gasteiger partial charge is 0.326 e. The Morgan fingerprint density at radius 2 is 2.06 bits per heavy atom. The highest BCUT2D eigenvalue weighted by Crippen LogP contribution is 2.43. The van der Waals surface area contributed by atoms with Gasteiger partial charge in [-0.2, -0.15) is 0 Å². The zero-order valence-corrected chi connectivity index (χ0v) is 29.5. The molecule has 0 aromatic heterocycles. The van der Waals surface area contributed by atoms with Gasteiger partial charge in [-0.1, -0.05) is 24.1 Å². The minimum Gasteiger partial charge on any atom is -0.494 e. The van der Waals surface area contributed by atoms with Gasteiger partial charge in [-0.15, -0.1) is 0 Å². The van der Waals surface area contributed by atoms with Crippen LogP contribution in [0.4, 0.5) is 14.9 Å². The van der Waals surface area contributed by atoms with E-state index in [-0.39, 0.29) is 41.2 Å². The molecule has 7 rings (SSSR count). The van der Waals surface area contributed by atoms with Gasteiger partial charge in [0.2, 0.25) is 0 Å². The van der Waals surface area contributed by atoms with Crippen LogP contribution in [-0.2, 0) is 19.0 Å². The molecule has 4 heterocycles. The van der Waals surface area contributed by atoms with Crippen LogP contribution < -0.4 is 10.1 Å². The van der Waals surface area contributed by atoms with Gasteiger partial charge in [0, 0.05) is 51.0 Å².